The molecule has 8 nitrogen and oxygen atoms in total. The minimum atomic E-state index is -1.34. The van der Waals surface area contributed by atoms with Crippen LogP contribution in [0.1, 0.15) is 27.2 Å². The van der Waals surface area contributed by atoms with E-state index in [1.807, 2.05) is 20.8 Å². The molecule has 0 saturated carbocycles. The fraction of sp³-hybridized carbons (Fsp3) is 0.769. The molecule has 0 saturated heterocycles. The van der Waals surface area contributed by atoms with Gasteiger partial charge in [0.05, 0.1) is 26.2 Å². The van der Waals surface area contributed by atoms with Gasteiger partial charge in [0.25, 0.3) is 0 Å². The molecule has 0 spiro atoms. The molecule has 0 aromatic carbocycles. The quantitative estimate of drug-likeness (QED) is 0.530. The molecular weight excluding hydrogens is 280 g/mol. The lowest BCUT2D eigenvalue weighted by atomic mass is 10.1. The van der Waals surface area contributed by atoms with Crippen LogP contribution in [0.2, 0.25) is 0 Å². The zero-order valence-electron chi connectivity index (χ0n) is 12.8. The second-order valence-corrected chi connectivity index (χ2v) is 4.80. The molecule has 0 fully saturated rings. The number of carboxylic acids is 1. The van der Waals surface area contributed by atoms with Gasteiger partial charge in [-0.25, -0.2) is 9.59 Å². The standard InChI is InChI=1S/C13H24N2O6/c1-5-21-7-10(8(2)3)15-13(19)14-9(12(17)18)6-11(16)20-4/h8-10H,5-7H2,1-4H3,(H,17,18)(H2,14,15,19)/t9-,10?/m0/s1. The summed E-state index contributed by atoms with van der Waals surface area (Å²) in [7, 11) is 1.15. The van der Waals surface area contributed by atoms with E-state index in [1.54, 1.807) is 0 Å². The van der Waals surface area contributed by atoms with Crippen molar-refractivity contribution in [2.45, 2.75) is 39.3 Å². The van der Waals surface area contributed by atoms with Gasteiger partial charge in [-0.1, -0.05) is 13.8 Å². The summed E-state index contributed by atoms with van der Waals surface area (Å²) in [6, 6.07) is -2.25. The Kier molecular flexibility index (Phi) is 9.11. The van der Waals surface area contributed by atoms with Crippen molar-refractivity contribution in [3.05, 3.63) is 0 Å². The molecule has 0 aliphatic heterocycles. The van der Waals surface area contributed by atoms with Crippen molar-refractivity contribution in [2.24, 2.45) is 5.92 Å². The second kappa shape index (κ2) is 9.98. The second-order valence-electron chi connectivity index (χ2n) is 4.80. The maximum atomic E-state index is 11.8. The molecule has 0 rings (SSSR count). The molecule has 0 aromatic rings. The monoisotopic (exact) mass is 304 g/mol. The van der Waals surface area contributed by atoms with E-state index in [1.165, 1.54) is 0 Å². The first-order valence-electron chi connectivity index (χ1n) is 6.76. The Morgan fingerprint density at radius 2 is 1.81 bits per heavy atom. The van der Waals surface area contributed by atoms with E-state index in [4.69, 9.17) is 9.84 Å². The van der Waals surface area contributed by atoms with Crippen LogP contribution >= 0.6 is 0 Å². The van der Waals surface area contributed by atoms with Gasteiger partial charge in [0.1, 0.15) is 6.04 Å². The van der Waals surface area contributed by atoms with Gasteiger partial charge in [-0.2, -0.15) is 0 Å². The maximum absolute atomic E-state index is 11.8. The number of amides is 2. The van der Waals surface area contributed by atoms with Crippen molar-refractivity contribution >= 4 is 18.0 Å². The number of urea groups is 1. The van der Waals surface area contributed by atoms with E-state index < -0.39 is 30.4 Å². The van der Waals surface area contributed by atoms with Gasteiger partial charge in [-0.05, 0) is 12.8 Å². The normalized spacial score (nSPS) is 13.4. The van der Waals surface area contributed by atoms with Gasteiger partial charge < -0.3 is 25.2 Å². The lowest BCUT2D eigenvalue weighted by molar-refractivity contribution is -0.147. The summed E-state index contributed by atoms with van der Waals surface area (Å²) in [6.07, 6.45) is -0.433. The van der Waals surface area contributed by atoms with Crippen LogP contribution in [-0.4, -0.2) is 55.5 Å². The average molecular weight is 304 g/mol. The third kappa shape index (κ3) is 8.13. The maximum Gasteiger partial charge on any atom is 0.326 e. The van der Waals surface area contributed by atoms with Gasteiger partial charge in [0, 0.05) is 6.61 Å². The van der Waals surface area contributed by atoms with Gasteiger partial charge in [0.2, 0.25) is 0 Å². The van der Waals surface area contributed by atoms with Crippen molar-refractivity contribution in [3.63, 3.8) is 0 Å². The zero-order valence-corrected chi connectivity index (χ0v) is 12.8. The van der Waals surface area contributed by atoms with Crippen molar-refractivity contribution in [3.8, 4) is 0 Å². The van der Waals surface area contributed by atoms with Crippen molar-refractivity contribution in [1.82, 2.24) is 10.6 Å². The highest BCUT2D eigenvalue weighted by Gasteiger charge is 2.25. The number of hydrogen-bond donors (Lipinski definition) is 3. The molecule has 0 bridgehead atoms. The third-order valence-corrected chi connectivity index (χ3v) is 2.82. The fourth-order valence-electron chi connectivity index (χ4n) is 1.46. The van der Waals surface area contributed by atoms with Crippen LogP contribution in [-0.2, 0) is 19.1 Å². The van der Waals surface area contributed by atoms with Gasteiger partial charge in [0.15, 0.2) is 0 Å². The average Bonchev–Trinajstić information content (AvgIpc) is 2.41. The van der Waals surface area contributed by atoms with Crippen LogP contribution in [0, 0.1) is 5.92 Å². The number of carbonyl (C=O) groups excluding carboxylic acids is 2. The molecule has 1 unspecified atom stereocenters. The number of esters is 1. The highest BCUT2D eigenvalue weighted by atomic mass is 16.5. The highest BCUT2D eigenvalue weighted by molar-refractivity contribution is 5.86. The van der Waals surface area contributed by atoms with Crippen LogP contribution in [0.15, 0.2) is 0 Å². The Morgan fingerprint density at radius 3 is 2.24 bits per heavy atom. The molecule has 0 heterocycles. The molecule has 2 atom stereocenters. The van der Waals surface area contributed by atoms with Crippen molar-refractivity contribution in [2.75, 3.05) is 20.3 Å². The van der Waals surface area contributed by atoms with Crippen molar-refractivity contribution in [1.29, 1.82) is 0 Å². The van der Waals surface area contributed by atoms with E-state index in [0.717, 1.165) is 7.11 Å². The Labute approximate surface area is 124 Å². The topological polar surface area (TPSA) is 114 Å². The first-order chi connectivity index (χ1) is 9.81. The molecule has 0 aliphatic rings. The number of nitrogens with one attached hydrogen (secondary N) is 2. The molecule has 8 heteroatoms. The Bertz CT molecular complexity index is 359. The number of hydrogen-bond acceptors (Lipinski definition) is 5. The third-order valence-electron chi connectivity index (χ3n) is 2.82. The first kappa shape index (κ1) is 19.2. The van der Waals surface area contributed by atoms with Crippen LogP contribution in [0.4, 0.5) is 4.79 Å². The Morgan fingerprint density at radius 1 is 1.19 bits per heavy atom. The lowest BCUT2D eigenvalue weighted by Crippen LogP contribution is -2.52. The van der Waals surface area contributed by atoms with E-state index >= 15 is 0 Å². The number of methoxy groups -OCH3 is 1. The summed E-state index contributed by atoms with van der Waals surface area (Å²) in [5.74, 6) is -1.90. The number of carbonyl (C=O) groups is 3. The number of ether oxygens (including phenoxy) is 2. The molecule has 2 amide bonds. The summed E-state index contributed by atoms with van der Waals surface area (Å²) in [4.78, 5) is 33.9. The lowest BCUT2D eigenvalue weighted by Gasteiger charge is -2.23. The van der Waals surface area contributed by atoms with Crippen LogP contribution in [0.25, 0.3) is 0 Å². The molecule has 0 aliphatic carbocycles. The minimum absolute atomic E-state index is 0.117. The molecule has 122 valence electrons. The molecule has 0 aromatic heterocycles. The van der Waals surface area contributed by atoms with Crippen LogP contribution in [0.5, 0.6) is 0 Å². The molecular formula is C13H24N2O6. The highest BCUT2D eigenvalue weighted by Crippen LogP contribution is 2.03. The van der Waals surface area contributed by atoms with Crippen molar-refractivity contribution < 1.29 is 29.0 Å². The Hall–Kier alpha value is -1.83. The summed E-state index contributed by atoms with van der Waals surface area (Å²) < 4.78 is 9.65. The predicted octanol–water partition coefficient (Wildman–Crippen LogP) is 0.363. The van der Waals surface area contributed by atoms with Gasteiger partial charge >= 0.3 is 18.0 Å². The summed E-state index contributed by atoms with van der Waals surface area (Å²) >= 11 is 0. The van der Waals surface area contributed by atoms with Gasteiger partial charge in [-0.3, -0.25) is 4.79 Å². The largest absolute Gasteiger partial charge is 0.480 e. The van der Waals surface area contributed by atoms with E-state index in [9.17, 15) is 14.4 Å². The first-order valence-corrected chi connectivity index (χ1v) is 6.76. The zero-order chi connectivity index (χ0) is 16.4. The Balaban J connectivity index is 4.52. The van der Waals surface area contributed by atoms with Crippen LogP contribution in [0.3, 0.4) is 0 Å². The summed E-state index contributed by atoms with van der Waals surface area (Å²) in [5, 5.41) is 13.9. The van der Waals surface area contributed by atoms with Crippen LogP contribution < -0.4 is 10.6 Å². The number of rotatable bonds is 9. The SMILES string of the molecule is CCOCC(NC(=O)N[C@@H](CC(=O)OC)C(=O)O)C(C)C. The smallest absolute Gasteiger partial charge is 0.326 e. The van der Waals surface area contributed by atoms with Gasteiger partial charge in [-0.15, -0.1) is 0 Å². The summed E-state index contributed by atoms with van der Waals surface area (Å²) in [5.41, 5.74) is 0. The number of aliphatic carboxylic acids is 1. The van der Waals surface area contributed by atoms with E-state index in [0.29, 0.717) is 13.2 Å². The predicted molar refractivity (Wildman–Crippen MR) is 74.8 cm³/mol. The molecule has 0 radical (unpaired) electrons. The number of carboxylic acid groups (broad SMARTS) is 1. The molecule has 3 N–H and O–H groups in total. The van der Waals surface area contributed by atoms with E-state index in [-0.39, 0.29) is 12.0 Å². The minimum Gasteiger partial charge on any atom is -0.480 e. The summed E-state index contributed by atoms with van der Waals surface area (Å²) in [6.45, 7) is 6.51. The molecule has 21 heavy (non-hydrogen) atoms. The fourth-order valence-corrected chi connectivity index (χ4v) is 1.46. The van der Waals surface area contributed by atoms with E-state index in [2.05, 4.69) is 15.4 Å².